The molecular weight excluding hydrogens is 234 g/mol. The van der Waals surface area contributed by atoms with Gasteiger partial charge in [0, 0.05) is 19.2 Å². The molecule has 0 saturated heterocycles. The van der Waals surface area contributed by atoms with Crippen molar-refractivity contribution in [3.63, 3.8) is 0 Å². The molecule has 0 aliphatic rings. The number of nitrogens with zero attached hydrogens (tertiary/aromatic N) is 1. The molecule has 0 unspecified atom stereocenters. The number of nitrogens with one attached hydrogen (secondary N) is 1. The number of nitrogen functional groups attached to an aromatic ring is 1. The fourth-order valence-electron chi connectivity index (χ4n) is 1.78. The highest BCUT2D eigenvalue weighted by Gasteiger charge is 2.16. The Labute approximate surface area is 108 Å². The van der Waals surface area contributed by atoms with Crippen LogP contribution in [0.2, 0.25) is 5.02 Å². The second-order valence-corrected chi connectivity index (χ2v) is 5.90. The maximum absolute atomic E-state index is 7.36. The summed E-state index contributed by atoms with van der Waals surface area (Å²) in [5.74, 6) is 0.0388. The molecule has 0 heterocycles. The molecule has 0 atom stereocenters. The van der Waals surface area contributed by atoms with E-state index >= 15 is 0 Å². The summed E-state index contributed by atoms with van der Waals surface area (Å²) in [6, 6.07) is 5.46. The Morgan fingerprint density at radius 3 is 2.41 bits per heavy atom. The van der Waals surface area contributed by atoms with Gasteiger partial charge < -0.3 is 10.6 Å². The summed E-state index contributed by atoms with van der Waals surface area (Å²) in [6.45, 7) is 7.45. The van der Waals surface area contributed by atoms with Gasteiger partial charge in [-0.15, -0.1) is 0 Å². The largest absolute Gasteiger partial charge is 0.384 e. The van der Waals surface area contributed by atoms with Gasteiger partial charge in [-0.3, -0.25) is 5.41 Å². The fourth-order valence-corrected chi connectivity index (χ4v) is 2.11. The van der Waals surface area contributed by atoms with E-state index in [1.807, 2.05) is 19.2 Å². The SMILES string of the molecule is CN(CC(C)(C)C)c1ccc(C(=N)N)cc1Cl. The molecule has 94 valence electrons. The van der Waals surface area contributed by atoms with Crippen LogP contribution < -0.4 is 10.6 Å². The maximum Gasteiger partial charge on any atom is 0.122 e. The van der Waals surface area contributed by atoms with Gasteiger partial charge in [0.15, 0.2) is 0 Å². The Bertz CT molecular complexity index is 421. The average molecular weight is 254 g/mol. The van der Waals surface area contributed by atoms with Gasteiger partial charge in [0.2, 0.25) is 0 Å². The number of anilines is 1. The van der Waals surface area contributed by atoms with Gasteiger partial charge in [0.1, 0.15) is 5.84 Å². The van der Waals surface area contributed by atoms with Gasteiger partial charge in [-0.25, -0.2) is 0 Å². The summed E-state index contributed by atoms with van der Waals surface area (Å²) in [6.07, 6.45) is 0. The lowest BCUT2D eigenvalue weighted by Crippen LogP contribution is -2.29. The third-order valence-corrected chi connectivity index (χ3v) is 2.68. The third kappa shape index (κ3) is 3.93. The molecular formula is C13H20ClN3. The van der Waals surface area contributed by atoms with Crippen molar-refractivity contribution in [1.82, 2.24) is 0 Å². The Hall–Kier alpha value is -1.22. The lowest BCUT2D eigenvalue weighted by Gasteiger charge is -2.29. The smallest absolute Gasteiger partial charge is 0.122 e. The van der Waals surface area contributed by atoms with Gasteiger partial charge in [0.25, 0.3) is 0 Å². The number of halogens is 1. The number of benzene rings is 1. The number of rotatable bonds is 3. The Morgan fingerprint density at radius 2 is 2.00 bits per heavy atom. The third-order valence-electron chi connectivity index (χ3n) is 2.38. The van der Waals surface area contributed by atoms with Crippen molar-refractivity contribution in [1.29, 1.82) is 5.41 Å². The van der Waals surface area contributed by atoms with Crippen molar-refractivity contribution in [2.24, 2.45) is 11.1 Å². The zero-order valence-electron chi connectivity index (χ0n) is 10.8. The monoisotopic (exact) mass is 253 g/mol. The highest BCUT2D eigenvalue weighted by molar-refractivity contribution is 6.33. The first-order valence-electron chi connectivity index (χ1n) is 5.56. The first-order chi connectivity index (χ1) is 7.70. The highest BCUT2D eigenvalue weighted by Crippen LogP contribution is 2.28. The van der Waals surface area contributed by atoms with Gasteiger partial charge in [-0.1, -0.05) is 32.4 Å². The van der Waals surface area contributed by atoms with Crippen molar-refractivity contribution >= 4 is 23.1 Å². The second kappa shape index (κ2) is 4.96. The Balaban J connectivity index is 2.96. The van der Waals surface area contributed by atoms with Crippen LogP contribution in [0.3, 0.4) is 0 Å². The van der Waals surface area contributed by atoms with Crippen LogP contribution in [0.25, 0.3) is 0 Å². The zero-order chi connectivity index (χ0) is 13.2. The minimum Gasteiger partial charge on any atom is -0.384 e. The van der Waals surface area contributed by atoms with Crippen molar-refractivity contribution in [2.45, 2.75) is 20.8 Å². The maximum atomic E-state index is 7.36. The number of amidine groups is 1. The normalized spacial score (nSPS) is 11.4. The Morgan fingerprint density at radius 1 is 1.41 bits per heavy atom. The van der Waals surface area contributed by atoms with Crippen molar-refractivity contribution in [3.8, 4) is 0 Å². The van der Waals surface area contributed by atoms with Crippen LogP contribution in [0.15, 0.2) is 18.2 Å². The molecule has 3 nitrogen and oxygen atoms in total. The molecule has 1 rings (SSSR count). The predicted molar refractivity (Wildman–Crippen MR) is 75.2 cm³/mol. The second-order valence-electron chi connectivity index (χ2n) is 5.50. The molecule has 0 radical (unpaired) electrons. The van der Waals surface area contributed by atoms with Crippen LogP contribution in [0, 0.1) is 10.8 Å². The van der Waals surface area contributed by atoms with E-state index in [-0.39, 0.29) is 11.3 Å². The lowest BCUT2D eigenvalue weighted by molar-refractivity contribution is 0.419. The molecule has 3 N–H and O–H groups in total. The van der Waals surface area contributed by atoms with Crippen LogP contribution in [-0.2, 0) is 0 Å². The summed E-state index contributed by atoms with van der Waals surface area (Å²) in [4.78, 5) is 2.12. The summed E-state index contributed by atoms with van der Waals surface area (Å²) in [5, 5.41) is 7.99. The molecule has 0 aromatic heterocycles. The molecule has 1 aromatic carbocycles. The van der Waals surface area contributed by atoms with Gasteiger partial charge in [0.05, 0.1) is 10.7 Å². The van der Waals surface area contributed by atoms with Crippen LogP contribution >= 0.6 is 11.6 Å². The van der Waals surface area contributed by atoms with E-state index in [4.69, 9.17) is 22.7 Å². The van der Waals surface area contributed by atoms with Crippen LogP contribution in [0.1, 0.15) is 26.3 Å². The average Bonchev–Trinajstić information content (AvgIpc) is 2.14. The zero-order valence-corrected chi connectivity index (χ0v) is 11.6. The fraction of sp³-hybridized carbons (Fsp3) is 0.462. The summed E-state index contributed by atoms with van der Waals surface area (Å²) < 4.78 is 0. The molecule has 0 bridgehead atoms. The van der Waals surface area contributed by atoms with E-state index in [0.29, 0.717) is 10.6 Å². The standard InChI is InChI=1S/C13H20ClN3/c1-13(2,3)8-17(4)11-6-5-9(12(15)16)7-10(11)14/h5-7H,8H2,1-4H3,(H3,15,16). The molecule has 0 aliphatic heterocycles. The van der Waals surface area contributed by atoms with Crippen LogP contribution in [0.4, 0.5) is 5.69 Å². The number of hydrogen-bond donors (Lipinski definition) is 2. The minimum absolute atomic E-state index is 0.0388. The number of hydrogen-bond acceptors (Lipinski definition) is 2. The molecule has 0 spiro atoms. The van der Waals surface area contributed by atoms with Crippen LogP contribution in [-0.4, -0.2) is 19.4 Å². The minimum atomic E-state index is 0.0388. The molecule has 4 heteroatoms. The molecule has 0 aliphatic carbocycles. The van der Waals surface area contributed by atoms with Gasteiger partial charge in [-0.05, 0) is 23.6 Å². The van der Waals surface area contributed by atoms with E-state index in [2.05, 4.69) is 25.7 Å². The van der Waals surface area contributed by atoms with Crippen LogP contribution in [0.5, 0.6) is 0 Å². The molecule has 17 heavy (non-hydrogen) atoms. The quantitative estimate of drug-likeness (QED) is 0.642. The van der Waals surface area contributed by atoms with Crippen molar-refractivity contribution in [2.75, 3.05) is 18.5 Å². The first kappa shape index (κ1) is 13.8. The molecule has 0 saturated carbocycles. The lowest BCUT2D eigenvalue weighted by atomic mass is 9.96. The van der Waals surface area contributed by atoms with E-state index in [1.54, 1.807) is 6.07 Å². The van der Waals surface area contributed by atoms with Gasteiger partial charge in [-0.2, -0.15) is 0 Å². The predicted octanol–water partition coefficient (Wildman–Crippen LogP) is 3.11. The van der Waals surface area contributed by atoms with Gasteiger partial charge >= 0.3 is 0 Å². The van der Waals surface area contributed by atoms with Crippen molar-refractivity contribution < 1.29 is 0 Å². The molecule has 0 fully saturated rings. The number of nitrogens with two attached hydrogens (primary N) is 1. The van der Waals surface area contributed by atoms with E-state index in [0.717, 1.165) is 12.2 Å². The van der Waals surface area contributed by atoms with E-state index in [9.17, 15) is 0 Å². The Kier molecular flexibility index (Phi) is 4.04. The topological polar surface area (TPSA) is 53.1 Å². The van der Waals surface area contributed by atoms with E-state index in [1.165, 1.54) is 0 Å². The summed E-state index contributed by atoms with van der Waals surface area (Å²) in [7, 11) is 2.01. The molecule has 1 aromatic rings. The summed E-state index contributed by atoms with van der Waals surface area (Å²) in [5.41, 5.74) is 7.25. The summed E-state index contributed by atoms with van der Waals surface area (Å²) >= 11 is 6.20. The first-order valence-corrected chi connectivity index (χ1v) is 5.93. The van der Waals surface area contributed by atoms with Crippen molar-refractivity contribution in [3.05, 3.63) is 28.8 Å². The molecule has 0 amide bonds. The van der Waals surface area contributed by atoms with E-state index < -0.39 is 0 Å². The highest BCUT2D eigenvalue weighted by atomic mass is 35.5.